The average Bonchev–Trinajstić information content (AvgIpc) is 2.83. The molecule has 6 heteroatoms. The molecule has 3 rings (SSSR count). The lowest BCUT2D eigenvalue weighted by molar-refractivity contribution is -0.119. The predicted octanol–water partition coefficient (Wildman–Crippen LogP) is 1.15. The molecule has 1 saturated heterocycles. The maximum Gasteiger partial charge on any atom is 0.420 e. The summed E-state index contributed by atoms with van der Waals surface area (Å²) in [6, 6.07) is 5.10. The minimum Gasteiger partial charge on any atom is -0.408 e. The Balaban J connectivity index is 2.20. The van der Waals surface area contributed by atoms with E-state index < -0.39 is 11.8 Å². The van der Waals surface area contributed by atoms with E-state index in [9.17, 15) is 9.59 Å². The monoisotopic (exact) mass is 289 g/mol. The molecule has 1 aliphatic heterocycles. The molecule has 0 aliphatic carbocycles. The summed E-state index contributed by atoms with van der Waals surface area (Å²) >= 11 is 0. The molecule has 0 saturated carbocycles. The molecule has 2 heterocycles. The SMILES string of the molecule is CC(=O)C(C)n1c(=O)oc2cccc(N3CCNCC3)c21. The first-order valence-electron chi connectivity index (χ1n) is 7.20. The molecule has 1 fully saturated rings. The molecule has 6 nitrogen and oxygen atoms in total. The molecule has 0 amide bonds. The Labute approximate surface area is 122 Å². The van der Waals surface area contributed by atoms with Crippen LogP contribution < -0.4 is 16.0 Å². The van der Waals surface area contributed by atoms with Crippen LogP contribution in [0.3, 0.4) is 0 Å². The van der Waals surface area contributed by atoms with Crippen LogP contribution in [0.15, 0.2) is 27.4 Å². The average molecular weight is 289 g/mol. The van der Waals surface area contributed by atoms with Crippen LogP contribution >= 0.6 is 0 Å². The fraction of sp³-hybridized carbons (Fsp3) is 0.467. The van der Waals surface area contributed by atoms with E-state index in [-0.39, 0.29) is 5.78 Å². The van der Waals surface area contributed by atoms with E-state index in [0.29, 0.717) is 11.1 Å². The van der Waals surface area contributed by atoms with Gasteiger partial charge < -0.3 is 14.6 Å². The summed E-state index contributed by atoms with van der Waals surface area (Å²) in [6.07, 6.45) is 0. The molecule has 1 aromatic carbocycles. The van der Waals surface area contributed by atoms with Crippen LogP contribution in [0.25, 0.3) is 11.1 Å². The van der Waals surface area contributed by atoms with Crippen molar-refractivity contribution in [1.82, 2.24) is 9.88 Å². The standard InChI is InChI=1S/C15H19N3O3/c1-10(11(2)19)18-14-12(17-8-6-16-7-9-17)4-3-5-13(14)21-15(18)20/h3-5,10,16H,6-9H2,1-2H3. The van der Waals surface area contributed by atoms with Crippen LogP contribution in [0.4, 0.5) is 5.69 Å². The smallest absolute Gasteiger partial charge is 0.408 e. The molecule has 1 atom stereocenters. The first kappa shape index (κ1) is 13.9. The summed E-state index contributed by atoms with van der Waals surface area (Å²) in [5, 5.41) is 3.31. The van der Waals surface area contributed by atoms with Gasteiger partial charge in [-0.2, -0.15) is 0 Å². The molecule has 0 bridgehead atoms. The van der Waals surface area contributed by atoms with E-state index in [1.807, 2.05) is 12.1 Å². The zero-order valence-corrected chi connectivity index (χ0v) is 12.3. The maximum absolute atomic E-state index is 12.1. The van der Waals surface area contributed by atoms with Crippen LogP contribution in [0.1, 0.15) is 19.9 Å². The number of benzene rings is 1. The van der Waals surface area contributed by atoms with Gasteiger partial charge in [0.05, 0.1) is 11.7 Å². The number of oxazole rings is 1. The third-order valence-corrected chi connectivity index (χ3v) is 4.05. The van der Waals surface area contributed by atoms with Gasteiger partial charge in [-0.3, -0.25) is 9.36 Å². The number of fused-ring (bicyclic) bond motifs is 1. The van der Waals surface area contributed by atoms with Crippen LogP contribution in [0.5, 0.6) is 0 Å². The number of carbonyl (C=O) groups excluding carboxylic acids is 1. The van der Waals surface area contributed by atoms with Gasteiger partial charge in [-0.05, 0) is 26.0 Å². The number of ketones is 1. The van der Waals surface area contributed by atoms with Crippen molar-refractivity contribution < 1.29 is 9.21 Å². The van der Waals surface area contributed by atoms with E-state index in [4.69, 9.17) is 4.42 Å². The quantitative estimate of drug-likeness (QED) is 0.918. The molecule has 1 aromatic heterocycles. The predicted molar refractivity (Wildman–Crippen MR) is 80.9 cm³/mol. The zero-order chi connectivity index (χ0) is 15.0. The number of nitrogens with zero attached hydrogens (tertiary/aromatic N) is 2. The number of para-hydroxylation sites is 1. The highest BCUT2D eigenvalue weighted by atomic mass is 16.4. The molecular formula is C15H19N3O3. The summed E-state index contributed by atoms with van der Waals surface area (Å²) in [5.41, 5.74) is 2.20. The Bertz CT molecular complexity index is 725. The van der Waals surface area contributed by atoms with Crippen molar-refractivity contribution in [3.05, 3.63) is 28.7 Å². The highest BCUT2D eigenvalue weighted by Crippen LogP contribution is 2.28. The molecule has 1 unspecified atom stereocenters. The normalized spacial score (nSPS) is 17.1. The minimum absolute atomic E-state index is 0.0603. The molecule has 1 N–H and O–H groups in total. The van der Waals surface area contributed by atoms with Gasteiger partial charge in [0.2, 0.25) is 0 Å². The second kappa shape index (κ2) is 5.37. The van der Waals surface area contributed by atoms with Crippen molar-refractivity contribution in [1.29, 1.82) is 0 Å². The number of anilines is 1. The summed E-state index contributed by atoms with van der Waals surface area (Å²) in [4.78, 5) is 26.1. The number of Topliss-reactive ketones (excluding diaryl/α,β-unsaturated/α-hetero) is 1. The largest absolute Gasteiger partial charge is 0.420 e. The highest BCUT2D eigenvalue weighted by Gasteiger charge is 2.23. The van der Waals surface area contributed by atoms with Crippen LogP contribution in [0, 0.1) is 0 Å². The summed E-state index contributed by atoms with van der Waals surface area (Å²) in [7, 11) is 0. The van der Waals surface area contributed by atoms with Crippen molar-refractivity contribution in [2.45, 2.75) is 19.9 Å². The first-order valence-corrected chi connectivity index (χ1v) is 7.20. The third-order valence-electron chi connectivity index (χ3n) is 4.05. The molecule has 1 aliphatic rings. The van der Waals surface area contributed by atoms with E-state index in [1.165, 1.54) is 11.5 Å². The highest BCUT2D eigenvalue weighted by molar-refractivity contribution is 5.90. The lowest BCUT2D eigenvalue weighted by Crippen LogP contribution is -2.43. The zero-order valence-electron chi connectivity index (χ0n) is 12.3. The minimum atomic E-state index is -0.525. The lowest BCUT2D eigenvalue weighted by atomic mass is 10.2. The molecular weight excluding hydrogens is 270 g/mol. The third kappa shape index (κ3) is 2.35. The van der Waals surface area contributed by atoms with Crippen LogP contribution in [-0.4, -0.2) is 36.5 Å². The van der Waals surface area contributed by atoms with E-state index in [0.717, 1.165) is 31.9 Å². The number of hydrogen-bond acceptors (Lipinski definition) is 5. The second-order valence-electron chi connectivity index (χ2n) is 5.39. The maximum atomic E-state index is 12.1. The van der Waals surface area contributed by atoms with Gasteiger partial charge in [0, 0.05) is 26.2 Å². The van der Waals surface area contributed by atoms with Crippen LogP contribution in [-0.2, 0) is 4.79 Å². The molecule has 2 aromatic rings. The Morgan fingerprint density at radius 2 is 2.05 bits per heavy atom. The Kier molecular flexibility index (Phi) is 3.55. The van der Waals surface area contributed by atoms with Crippen molar-refractivity contribution >= 4 is 22.6 Å². The number of piperazine rings is 1. The summed E-state index contributed by atoms with van der Waals surface area (Å²) in [6.45, 7) is 6.76. The Morgan fingerprint density at radius 1 is 1.33 bits per heavy atom. The van der Waals surface area contributed by atoms with E-state index in [2.05, 4.69) is 10.2 Å². The Morgan fingerprint density at radius 3 is 2.71 bits per heavy atom. The van der Waals surface area contributed by atoms with Gasteiger partial charge >= 0.3 is 5.76 Å². The van der Waals surface area contributed by atoms with Crippen molar-refractivity contribution in [2.75, 3.05) is 31.1 Å². The van der Waals surface area contributed by atoms with Gasteiger partial charge in [-0.1, -0.05) is 6.07 Å². The molecule has 112 valence electrons. The van der Waals surface area contributed by atoms with Gasteiger partial charge in [0.15, 0.2) is 11.4 Å². The lowest BCUT2D eigenvalue weighted by Gasteiger charge is -2.30. The van der Waals surface area contributed by atoms with Crippen molar-refractivity contribution in [3.63, 3.8) is 0 Å². The number of aromatic nitrogens is 1. The first-order chi connectivity index (χ1) is 10.1. The van der Waals surface area contributed by atoms with Gasteiger partial charge in [-0.15, -0.1) is 0 Å². The van der Waals surface area contributed by atoms with Gasteiger partial charge in [-0.25, -0.2) is 4.79 Å². The topological polar surface area (TPSA) is 67.5 Å². The van der Waals surface area contributed by atoms with E-state index >= 15 is 0 Å². The molecule has 0 radical (unpaired) electrons. The number of hydrogen-bond donors (Lipinski definition) is 1. The van der Waals surface area contributed by atoms with Gasteiger partial charge in [0.1, 0.15) is 5.52 Å². The summed E-state index contributed by atoms with van der Waals surface area (Å²) in [5.74, 6) is -0.537. The number of carbonyl (C=O) groups is 1. The van der Waals surface area contributed by atoms with Crippen LogP contribution in [0.2, 0.25) is 0 Å². The number of nitrogens with one attached hydrogen (secondary N) is 1. The fourth-order valence-electron chi connectivity index (χ4n) is 2.76. The Hall–Kier alpha value is -2.08. The number of rotatable bonds is 3. The fourth-order valence-corrected chi connectivity index (χ4v) is 2.76. The van der Waals surface area contributed by atoms with Crippen molar-refractivity contribution in [2.24, 2.45) is 0 Å². The van der Waals surface area contributed by atoms with Crippen molar-refractivity contribution in [3.8, 4) is 0 Å². The molecule has 0 spiro atoms. The molecule has 21 heavy (non-hydrogen) atoms. The summed E-state index contributed by atoms with van der Waals surface area (Å²) < 4.78 is 6.78. The van der Waals surface area contributed by atoms with Gasteiger partial charge in [0.25, 0.3) is 0 Å². The second-order valence-corrected chi connectivity index (χ2v) is 5.39. The van der Waals surface area contributed by atoms with E-state index in [1.54, 1.807) is 13.0 Å².